The minimum absolute atomic E-state index is 0.0691. The highest BCUT2D eigenvalue weighted by molar-refractivity contribution is 7.99. The summed E-state index contributed by atoms with van der Waals surface area (Å²) in [4.78, 5) is 12.3. The molecule has 0 aliphatic carbocycles. The fraction of sp³-hybridized carbons (Fsp3) is 0.348. The summed E-state index contributed by atoms with van der Waals surface area (Å²) < 4.78 is 8.02. The first-order valence-corrected chi connectivity index (χ1v) is 11.2. The molecular formula is C23H28N4O2S. The van der Waals surface area contributed by atoms with Gasteiger partial charge < -0.3 is 14.6 Å². The van der Waals surface area contributed by atoms with Gasteiger partial charge in [-0.15, -0.1) is 10.2 Å². The molecule has 1 atom stereocenters. The third kappa shape index (κ3) is 5.63. The lowest BCUT2D eigenvalue weighted by Gasteiger charge is -2.15. The van der Waals surface area contributed by atoms with Crippen molar-refractivity contribution < 1.29 is 9.53 Å². The van der Waals surface area contributed by atoms with Crippen molar-refractivity contribution in [2.75, 3.05) is 11.1 Å². The van der Waals surface area contributed by atoms with Crippen LogP contribution in [-0.2, 0) is 17.8 Å². The number of aryl methyl sites for hydroxylation is 2. The van der Waals surface area contributed by atoms with Crippen LogP contribution in [0.5, 0.6) is 5.75 Å². The fourth-order valence-electron chi connectivity index (χ4n) is 3.03. The van der Waals surface area contributed by atoms with E-state index in [1.807, 2.05) is 73.9 Å². The van der Waals surface area contributed by atoms with Crippen LogP contribution in [0.2, 0.25) is 0 Å². The van der Waals surface area contributed by atoms with Crippen molar-refractivity contribution in [3.8, 4) is 5.75 Å². The van der Waals surface area contributed by atoms with E-state index in [9.17, 15) is 4.79 Å². The molecule has 3 aromatic rings. The Labute approximate surface area is 182 Å². The van der Waals surface area contributed by atoms with E-state index >= 15 is 0 Å². The molecule has 30 heavy (non-hydrogen) atoms. The summed E-state index contributed by atoms with van der Waals surface area (Å²) >= 11 is 1.37. The summed E-state index contributed by atoms with van der Waals surface area (Å²) in [6.45, 7) is 8.84. The predicted octanol–water partition coefficient (Wildman–Crippen LogP) is 5.04. The van der Waals surface area contributed by atoms with Crippen LogP contribution in [0, 0.1) is 6.92 Å². The molecule has 0 saturated carbocycles. The zero-order valence-corrected chi connectivity index (χ0v) is 18.7. The Hall–Kier alpha value is -2.80. The van der Waals surface area contributed by atoms with Gasteiger partial charge in [-0.1, -0.05) is 48.5 Å². The van der Waals surface area contributed by atoms with E-state index in [0.29, 0.717) is 11.7 Å². The molecule has 0 aliphatic heterocycles. The predicted molar refractivity (Wildman–Crippen MR) is 121 cm³/mol. The van der Waals surface area contributed by atoms with Crippen LogP contribution in [0.25, 0.3) is 0 Å². The Morgan fingerprint density at radius 1 is 1.10 bits per heavy atom. The Kier molecular flexibility index (Phi) is 7.52. The molecule has 1 aromatic heterocycles. The minimum Gasteiger partial charge on any atom is -0.483 e. The molecular weight excluding hydrogens is 396 g/mol. The number of carbonyl (C=O) groups excluding carboxylic acids is 1. The van der Waals surface area contributed by atoms with Gasteiger partial charge in [-0.05, 0) is 57.0 Å². The third-order valence-electron chi connectivity index (χ3n) is 4.74. The molecule has 0 bridgehead atoms. The fourth-order valence-corrected chi connectivity index (χ4v) is 3.84. The summed E-state index contributed by atoms with van der Waals surface area (Å²) in [6.07, 6.45) is 0.728. The van der Waals surface area contributed by atoms with Crippen LogP contribution >= 0.6 is 11.8 Å². The Bertz CT molecular complexity index is 968. The lowest BCUT2D eigenvalue weighted by atomic mass is 10.1. The zero-order valence-electron chi connectivity index (χ0n) is 17.9. The second kappa shape index (κ2) is 10.3. The maximum atomic E-state index is 12.3. The number of hydrogen-bond acceptors (Lipinski definition) is 5. The average molecular weight is 425 g/mol. The lowest BCUT2D eigenvalue weighted by molar-refractivity contribution is -0.113. The highest BCUT2D eigenvalue weighted by Crippen LogP contribution is 2.25. The van der Waals surface area contributed by atoms with Gasteiger partial charge in [0.1, 0.15) is 5.75 Å². The molecule has 6 nitrogen and oxygen atoms in total. The van der Waals surface area contributed by atoms with Gasteiger partial charge in [-0.3, -0.25) is 4.79 Å². The molecule has 3 rings (SSSR count). The van der Waals surface area contributed by atoms with Crippen LogP contribution in [0.4, 0.5) is 5.69 Å². The Morgan fingerprint density at radius 2 is 1.80 bits per heavy atom. The van der Waals surface area contributed by atoms with Crippen LogP contribution in [-0.4, -0.2) is 26.4 Å². The second-order valence-electron chi connectivity index (χ2n) is 7.05. The minimum atomic E-state index is -0.250. The van der Waals surface area contributed by atoms with Gasteiger partial charge in [0, 0.05) is 12.2 Å². The molecule has 1 N–H and O–H groups in total. The van der Waals surface area contributed by atoms with E-state index in [1.54, 1.807) is 0 Å². The van der Waals surface area contributed by atoms with Crippen molar-refractivity contribution in [3.63, 3.8) is 0 Å². The van der Waals surface area contributed by atoms with Crippen molar-refractivity contribution in [2.24, 2.45) is 0 Å². The largest absolute Gasteiger partial charge is 0.483 e. The number of rotatable bonds is 9. The Balaban J connectivity index is 1.60. The molecule has 1 amide bonds. The highest BCUT2D eigenvalue weighted by atomic mass is 32.2. The van der Waals surface area contributed by atoms with E-state index < -0.39 is 0 Å². The summed E-state index contributed by atoms with van der Waals surface area (Å²) in [6, 6.07) is 15.8. The summed E-state index contributed by atoms with van der Waals surface area (Å²) in [7, 11) is 0. The van der Waals surface area contributed by atoms with Gasteiger partial charge in [0.25, 0.3) is 0 Å². The molecule has 7 heteroatoms. The molecule has 0 aliphatic rings. The van der Waals surface area contributed by atoms with Gasteiger partial charge in [-0.25, -0.2) is 0 Å². The number of carbonyl (C=O) groups is 1. The number of ether oxygens (including phenoxy) is 1. The number of anilines is 1. The molecule has 1 heterocycles. The van der Waals surface area contributed by atoms with Crippen molar-refractivity contribution in [2.45, 2.75) is 51.9 Å². The van der Waals surface area contributed by atoms with Crippen molar-refractivity contribution >= 4 is 23.4 Å². The number of amides is 1. The van der Waals surface area contributed by atoms with Crippen molar-refractivity contribution in [1.29, 1.82) is 0 Å². The van der Waals surface area contributed by atoms with E-state index in [-0.39, 0.29) is 17.8 Å². The molecule has 0 saturated heterocycles. The SMILES string of the molecule is CCc1ccc(NC(=O)CSc2nnc(C(C)Oc3ccc(C)cc3)n2CC)cc1. The Morgan fingerprint density at radius 3 is 2.43 bits per heavy atom. The highest BCUT2D eigenvalue weighted by Gasteiger charge is 2.19. The summed E-state index contributed by atoms with van der Waals surface area (Å²) in [5.41, 5.74) is 3.23. The number of thioether (sulfide) groups is 1. The summed E-state index contributed by atoms with van der Waals surface area (Å²) in [5, 5.41) is 12.2. The van der Waals surface area contributed by atoms with E-state index in [1.165, 1.54) is 22.9 Å². The van der Waals surface area contributed by atoms with Gasteiger partial charge in [0.05, 0.1) is 5.75 Å². The second-order valence-corrected chi connectivity index (χ2v) is 7.99. The topological polar surface area (TPSA) is 69.0 Å². The first-order chi connectivity index (χ1) is 14.5. The zero-order chi connectivity index (χ0) is 21.5. The maximum Gasteiger partial charge on any atom is 0.234 e. The number of hydrogen-bond donors (Lipinski definition) is 1. The molecule has 1 unspecified atom stereocenters. The third-order valence-corrected chi connectivity index (χ3v) is 5.70. The monoisotopic (exact) mass is 424 g/mol. The van der Waals surface area contributed by atoms with Crippen LogP contribution in [0.1, 0.15) is 43.8 Å². The lowest BCUT2D eigenvalue weighted by Crippen LogP contribution is -2.15. The normalized spacial score (nSPS) is 11.9. The molecule has 2 aromatic carbocycles. The maximum absolute atomic E-state index is 12.3. The number of aromatic nitrogens is 3. The average Bonchev–Trinajstić information content (AvgIpc) is 3.17. The molecule has 158 valence electrons. The summed E-state index contributed by atoms with van der Waals surface area (Å²) in [5.74, 6) is 1.74. The van der Waals surface area contributed by atoms with Crippen LogP contribution < -0.4 is 10.1 Å². The van der Waals surface area contributed by atoms with Crippen molar-refractivity contribution in [1.82, 2.24) is 14.8 Å². The molecule has 0 fully saturated rings. The molecule has 0 spiro atoms. The number of nitrogens with zero attached hydrogens (tertiary/aromatic N) is 3. The van der Waals surface area contributed by atoms with Gasteiger partial charge in [0.15, 0.2) is 17.1 Å². The van der Waals surface area contributed by atoms with Crippen molar-refractivity contribution in [3.05, 3.63) is 65.5 Å². The quantitative estimate of drug-likeness (QED) is 0.487. The first kappa shape index (κ1) is 21.9. The van der Waals surface area contributed by atoms with Crippen LogP contribution in [0.15, 0.2) is 53.7 Å². The molecule has 0 radical (unpaired) electrons. The number of benzene rings is 2. The van der Waals surface area contributed by atoms with Gasteiger partial charge >= 0.3 is 0 Å². The van der Waals surface area contributed by atoms with Crippen LogP contribution in [0.3, 0.4) is 0 Å². The smallest absolute Gasteiger partial charge is 0.234 e. The van der Waals surface area contributed by atoms with Gasteiger partial charge in [0.2, 0.25) is 5.91 Å². The van der Waals surface area contributed by atoms with E-state index in [0.717, 1.165) is 23.7 Å². The van der Waals surface area contributed by atoms with E-state index in [2.05, 4.69) is 22.4 Å². The van der Waals surface area contributed by atoms with E-state index in [4.69, 9.17) is 4.74 Å². The number of nitrogens with one attached hydrogen (secondary N) is 1. The van der Waals surface area contributed by atoms with Gasteiger partial charge in [-0.2, -0.15) is 0 Å². The standard InChI is InChI=1S/C23H28N4O2S/c1-5-18-9-11-19(12-10-18)24-21(28)15-30-23-26-25-22(27(23)6-2)17(4)29-20-13-7-16(3)8-14-20/h7-14,17H,5-6,15H2,1-4H3,(H,24,28). The first-order valence-electron chi connectivity index (χ1n) is 10.2.